The molecule has 0 aromatic heterocycles. The molecule has 2 heteroatoms. The predicted molar refractivity (Wildman–Crippen MR) is 68.4 cm³/mol. The predicted octanol–water partition coefficient (Wildman–Crippen LogP) is 2.44. The van der Waals surface area contributed by atoms with Crippen molar-refractivity contribution in [3.05, 3.63) is 35.4 Å². The van der Waals surface area contributed by atoms with Crippen LogP contribution in [-0.2, 0) is 6.54 Å². The van der Waals surface area contributed by atoms with Gasteiger partial charge in [-0.1, -0.05) is 38.1 Å². The van der Waals surface area contributed by atoms with Gasteiger partial charge in [0, 0.05) is 12.6 Å². The lowest BCUT2D eigenvalue weighted by Crippen LogP contribution is -2.38. The monoisotopic (exact) mass is 221 g/mol. The fourth-order valence-corrected chi connectivity index (χ4v) is 2.03. The highest BCUT2D eigenvalue weighted by Gasteiger charge is 2.17. The molecule has 0 saturated heterocycles. The van der Waals surface area contributed by atoms with E-state index < -0.39 is 0 Å². The second-order valence-corrected chi connectivity index (χ2v) is 4.84. The first kappa shape index (κ1) is 13.2. The molecule has 0 aliphatic rings. The van der Waals surface area contributed by atoms with Gasteiger partial charge >= 0.3 is 0 Å². The fraction of sp³-hybridized carbons (Fsp3) is 0.571. The van der Waals surface area contributed by atoms with E-state index in [-0.39, 0.29) is 12.6 Å². The van der Waals surface area contributed by atoms with Crippen LogP contribution in [0.2, 0.25) is 0 Å². The molecule has 1 aromatic carbocycles. The summed E-state index contributed by atoms with van der Waals surface area (Å²) < 4.78 is 0. The molecule has 1 unspecified atom stereocenters. The number of hydrogen-bond donors (Lipinski definition) is 1. The maximum Gasteiger partial charge on any atom is 0.0589 e. The van der Waals surface area contributed by atoms with E-state index in [4.69, 9.17) is 0 Å². The molecule has 1 aromatic rings. The molecule has 1 N–H and O–H groups in total. The topological polar surface area (TPSA) is 23.5 Å². The van der Waals surface area contributed by atoms with Gasteiger partial charge in [0.05, 0.1) is 6.61 Å². The van der Waals surface area contributed by atoms with Crippen molar-refractivity contribution in [1.29, 1.82) is 0 Å². The number of rotatable bonds is 5. The molecule has 90 valence electrons. The van der Waals surface area contributed by atoms with Gasteiger partial charge in [-0.15, -0.1) is 0 Å². The summed E-state index contributed by atoms with van der Waals surface area (Å²) in [7, 11) is 2.08. The summed E-state index contributed by atoms with van der Waals surface area (Å²) in [5.41, 5.74) is 2.65. The Hall–Kier alpha value is -0.860. The average Bonchev–Trinajstić information content (AvgIpc) is 2.22. The molecule has 0 bridgehead atoms. The third-order valence-electron chi connectivity index (χ3n) is 3.20. The van der Waals surface area contributed by atoms with Crippen molar-refractivity contribution in [2.45, 2.75) is 33.4 Å². The second kappa shape index (κ2) is 6.02. The Bertz CT molecular complexity index is 322. The van der Waals surface area contributed by atoms with Gasteiger partial charge < -0.3 is 5.11 Å². The molecule has 1 rings (SSSR count). The lowest BCUT2D eigenvalue weighted by molar-refractivity contribution is 0.107. The zero-order chi connectivity index (χ0) is 12.1. The SMILES string of the molecule is Cc1ccccc1CN(C)C(CO)C(C)C. The Kier molecular flexibility index (Phi) is 4.97. The molecular formula is C14H23NO. The third-order valence-corrected chi connectivity index (χ3v) is 3.20. The minimum absolute atomic E-state index is 0.222. The van der Waals surface area contributed by atoms with E-state index in [0.29, 0.717) is 5.92 Å². The summed E-state index contributed by atoms with van der Waals surface area (Å²) in [5.74, 6) is 0.471. The molecule has 0 heterocycles. The smallest absolute Gasteiger partial charge is 0.0589 e. The van der Waals surface area contributed by atoms with Crippen LogP contribution in [0, 0.1) is 12.8 Å². The highest BCUT2D eigenvalue weighted by molar-refractivity contribution is 5.25. The number of likely N-dealkylation sites (N-methyl/N-ethyl adjacent to an activating group) is 1. The zero-order valence-corrected chi connectivity index (χ0v) is 10.8. The van der Waals surface area contributed by atoms with Crippen LogP contribution >= 0.6 is 0 Å². The van der Waals surface area contributed by atoms with E-state index in [0.717, 1.165) is 6.54 Å². The minimum Gasteiger partial charge on any atom is -0.395 e. The van der Waals surface area contributed by atoms with Crippen LogP contribution in [0.4, 0.5) is 0 Å². The number of aryl methyl sites for hydroxylation is 1. The normalized spacial score (nSPS) is 13.4. The molecule has 0 fully saturated rings. The van der Waals surface area contributed by atoms with Gasteiger partial charge in [-0.3, -0.25) is 4.90 Å². The van der Waals surface area contributed by atoms with Crippen LogP contribution in [0.3, 0.4) is 0 Å². The minimum atomic E-state index is 0.222. The number of aliphatic hydroxyl groups is 1. The molecule has 0 amide bonds. The highest BCUT2D eigenvalue weighted by Crippen LogP contribution is 2.14. The van der Waals surface area contributed by atoms with Crippen molar-refractivity contribution in [2.75, 3.05) is 13.7 Å². The lowest BCUT2D eigenvalue weighted by Gasteiger charge is -2.30. The maximum atomic E-state index is 9.37. The van der Waals surface area contributed by atoms with E-state index in [2.05, 4.69) is 57.0 Å². The molecule has 16 heavy (non-hydrogen) atoms. The zero-order valence-electron chi connectivity index (χ0n) is 10.8. The van der Waals surface area contributed by atoms with Crippen LogP contribution in [0.1, 0.15) is 25.0 Å². The Balaban J connectivity index is 2.70. The Morgan fingerprint density at radius 2 is 1.88 bits per heavy atom. The molecule has 2 nitrogen and oxygen atoms in total. The highest BCUT2D eigenvalue weighted by atomic mass is 16.3. The van der Waals surface area contributed by atoms with Gasteiger partial charge in [-0.2, -0.15) is 0 Å². The van der Waals surface area contributed by atoms with Crippen molar-refractivity contribution in [3.8, 4) is 0 Å². The van der Waals surface area contributed by atoms with E-state index >= 15 is 0 Å². The number of benzene rings is 1. The van der Waals surface area contributed by atoms with Crippen molar-refractivity contribution in [1.82, 2.24) is 4.90 Å². The van der Waals surface area contributed by atoms with Gasteiger partial charge in [-0.25, -0.2) is 0 Å². The van der Waals surface area contributed by atoms with Crippen LogP contribution in [0.25, 0.3) is 0 Å². The van der Waals surface area contributed by atoms with Crippen LogP contribution in [0.15, 0.2) is 24.3 Å². The van der Waals surface area contributed by atoms with Crippen molar-refractivity contribution in [3.63, 3.8) is 0 Å². The largest absolute Gasteiger partial charge is 0.395 e. The first-order valence-electron chi connectivity index (χ1n) is 5.92. The van der Waals surface area contributed by atoms with Gasteiger partial charge in [-0.05, 0) is 31.0 Å². The number of hydrogen-bond acceptors (Lipinski definition) is 2. The van der Waals surface area contributed by atoms with Crippen molar-refractivity contribution in [2.24, 2.45) is 5.92 Å². The summed E-state index contributed by atoms with van der Waals surface area (Å²) in [5, 5.41) is 9.37. The molecule has 0 radical (unpaired) electrons. The van der Waals surface area contributed by atoms with E-state index in [1.807, 2.05) is 0 Å². The number of aliphatic hydroxyl groups excluding tert-OH is 1. The average molecular weight is 221 g/mol. The Morgan fingerprint density at radius 3 is 2.38 bits per heavy atom. The van der Waals surface area contributed by atoms with E-state index in [9.17, 15) is 5.11 Å². The summed E-state index contributed by atoms with van der Waals surface area (Å²) in [4.78, 5) is 2.23. The van der Waals surface area contributed by atoms with Crippen molar-refractivity contribution < 1.29 is 5.11 Å². The Morgan fingerprint density at radius 1 is 1.25 bits per heavy atom. The van der Waals surface area contributed by atoms with Gasteiger partial charge in [0.1, 0.15) is 0 Å². The van der Waals surface area contributed by atoms with Crippen LogP contribution in [-0.4, -0.2) is 29.7 Å². The van der Waals surface area contributed by atoms with E-state index in [1.165, 1.54) is 11.1 Å². The standard InChI is InChI=1S/C14H23NO/c1-11(2)14(10-16)15(4)9-13-8-6-5-7-12(13)3/h5-8,11,14,16H,9-10H2,1-4H3. The second-order valence-electron chi connectivity index (χ2n) is 4.84. The summed E-state index contributed by atoms with van der Waals surface area (Å²) in [6.07, 6.45) is 0. The third kappa shape index (κ3) is 3.32. The van der Waals surface area contributed by atoms with Crippen molar-refractivity contribution >= 4 is 0 Å². The first-order valence-corrected chi connectivity index (χ1v) is 5.92. The summed E-state index contributed by atoms with van der Waals surface area (Å²) in [6, 6.07) is 8.65. The molecule has 0 saturated carbocycles. The molecule has 1 atom stereocenters. The quantitative estimate of drug-likeness (QED) is 0.825. The van der Waals surface area contributed by atoms with Crippen LogP contribution in [0.5, 0.6) is 0 Å². The first-order chi connectivity index (χ1) is 7.56. The number of nitrogens with zero attached hydrogens (tertiary/aromatic N) is 1. The van der Waals surface area contributed by atoms with Crippen LogP contribution < -0.4 is 0 Å². The van der Waals surface area contributed by atoms with E-state index in [1.54, 1.807) is 0 Å². The summed E-state index contributed by atoms with van der Waals surface area (Å²) in [6.45, 7) is 7.55. The molecule has 0 aliphatic heterocycles. The molecule has 0 spiro atoms. The Labute approximate surface area is 98.9 Å². The van der Waals surface area contributed by atoms with Gasteiger partial charge in [0.25, 0.3) is 0 Å². The fourth-order valence-electron chi connectivity index (χ4n) is 2.03. The van der Waals surface area contributed by atoms with Gasteiger partial charge in [0.2, 0.25) is 0 Å². The summed E-state index contributed by atoms with van der Waals surface area (Å²) >= 11 is 0. The molecule has 0 aliphatic carbocycles. The van der Waals surface area contributed by atoms with Gasteiger partial charge in [0.15, 0.2) is 0 Å². The molecular weight excluding hydrogens is 198 g/mol. The lowest BCUT2D eigenvalue weighted by atomic mass is 10.0. The maximum absolute atomic E-state index is 9.37.